The molecule has 25 heavy (non-hydrogen) atoms. The zero-order valence-corrected chi connectivity index (χ0v) is 13.6. The molecule has 4 rings (SSSR count). The lowest BCUT2D eigenvalue weighted by molar-refractivity contribution is -0.659. The van der Waals surface area contributed by atoms with Crippen LogP contribution in [0.4, 0.5) is 5.95 Å². The minimum atomic E-state index is -0.332. The number of nitrogens with two attached hydrogens (primary N) is 1. The highest BCUT2D eigenvalue weighted by Gasteiger charge is 2.21. The standard InChI is InChI=1S/C18H15N5O2/c1-22-10-23(16-15(22)17(25)21-18(19)20-16)9-14(24)13-7-6-11-4-2-3-5-12(11)8-13/h2-8,10H,9H2,1H3,(H2-,19,20,21,25)/p+1. The molecule has 7 nitrogen and oxygen atoms in total. The van der Waals surface area contributed by atoms with Crippen LogP contribution in [-0.2, 0) is 13.6 Å². The molecule has 2 aromatic heterocycles. The van der Waals surface area contributed by atoms with E-state index in [2.05, 4.69) is 9.97 Å². The predicted octanol–water partition coefficient (Wildman–Crippen LogP) is 1.17. The van der Waals surface area contributed by atoms with E-state index in [0.29, 0.717) is 16.7 Å². The summed E-state index contributed by atoms with van der Waals surface area (Å²) in [5.41, 5.74) is 6.68. The quantitative estimate of drug-likeness (QED) is 0.434. The Balaban J connectivity index is 1.75. The number of carbonyl (C=O) groups excluding carboxylic acids is 1. The van der Waals surface area contributed by atoms with Crippen LogP contribution in [-0.4, -0.2) is 20.3 Å². The van der Waals surface area contributed by atoms with Gasteiger partial charge in [0.25, 0.3) is 11.5 Å². The lowest BCUT2D eigenvalue weighted by Crippen LogP contribution is -2.37. The Hall–Kier alpha value is -3.48. The predicted molar refractivity (Wildman–Crippen MR) is 94.2 cm³/mol. The molecule has 2 heterocycles. The molecule has 0 fully saturated rings. The molecule has 0 saturated heterocycles. The number of imidazole rings is 1. The van der Waals surface area contributed by atoms with Crippen molar-refractivity contribution >= 4 is 33.7 Å². The van der Waals surface area contributed by atoms with Gasteiger partial charge in [0.05, 0.1) is 7.05 Å². The van der Waals surface area contributed by atoms with Crippen LogP contribution in [0.1, 0.15) is 10.4 Å². The highest BCUT2D eigenvalue weighted by atomic mass is 16.1. The van der Waals surface area contributed by atoms with Crippen molar-refractivity contribution in [3.63, 3.8) is 0 Å². The second-order valence-corrected chi connectivity index (χ2v) is 5.96. The molecule has 0 unspecified atom stereocenters. The maximum absolute atomic E-state index is 12.7. The zero-order valence-electron chi connectivity index (χ0n) is 13.6. The summed E-state index contributed by atoms with van der Waals surface area (Å²) in [6.45, 7) is 0.0750. The van der Waals surface area contributed by atoms with E-state index in [4.69, 9.17) is 5.73 Å². The summed E-state index contributed by atoms with van der Waals surface area (Å²) in [5.74, 6) is -0.0421. The number of anilines is 1. The Morgan fingerprint density at radius 3 is 2.80 bits per heavy atom. The number of carbonyl (C=O) groups is 1. The van der Waals surface area contributed by atoms with Crippen LogP contribution in [0.5, 0.6) is 0 Å². The third-order valence-electron chi connectivity index (χ3n) is 4.22. The van der Waals surface area contributed by atoms with E-state index in [9.17, 15) is 9.59 Å². The molecule has 0 aliphatic carbocycles. The number of hydrogen-bond donors (Lipinski definition) is 2. The number of rotatable bonds is 3. The van der Waals surface area contributed by atoms with E-state index in [-0.39, 0.29) is 23.8 Å². The van der Waals surface area contributed by atoms with E-state index in [1.165, 1.54) is 0 Å². The van der Waals surface area contributed by atoms with Crippen molar-refractivity contribution < 1.29 is 9.36 Å². The summed E-state index contributed by atoms with van der Waals surface area (Å²) in [4.78, 5) is 31.4. The number of benzene rings is 2. The summed E-state index contributed by atoms with van der Waals surface area (Å²) in [5, 5.41) is 2.09. The first-order valence-electron chi connectivity index (χ1n) is 7.79. The first-order valence-corrected chi connectivity index (χ1v) is 7.79. The SMILES string of the molecule is Cn1c[n+](CC(=O)c2ccc3ccccc3c2)c2nc(N)[nH]c(=O)c21. The summed E-state index contributed by atoms with van der Waals surface area (Å²) < 4.78 is 3.27. The van der Waals surface area contributed by atoms with Gasteiger partial charge >= 0.3 is 5.65 Å². The Bertz CT molecular complexity index is 1190. The summed E-state index contributed by atoms with van der Waals surface area (Å²) in [6, 6.07) is 13.5. The van der Waals surface area contributed by atoms with Gasteiger partial charge < -0.3 is 5.73 Å². The topological polar surface area (TPSA) is 97.6 Å². The van der Waals surface area contributed by atoms with Crippen molar-refractivity contribution in [3.8, 4) is 0 Å². The minimum Gasteiger partial charge on any atom is -0.355 e. The summed E-state index contributed by atoms with van der Waals surface area (Å²) >= 11 is 0. The van der Waals surface area contributed by atoms with Crippen LogP contribution in [0.2, 0.25) is 0 Å². The average Bonchev–Trinajstić information content (AvgIpc) is 2.90. The molecule has 7 heteroatoms. The first kappa shape index (κ1) is 15.1. The second kappa shape index (κ2) is 5.55. The van der Waals surface area contributed by atoms with E-state index in [1.54, 1.807) is 22.5 Å². The molecular formula is C18H16N5O2+. The maximum atomic E-state index is 12.7. The molecule has 0 bridgehead atoms. The average molecular weight is 334 g/mol. The van der Waals surface area contributed by atoms with Gasteiger partial charge in [-0.1, -0.05) is 41.4 Å². The van der Waals surface area contributed by atoms with Gasteiger partial charge in [-0.3, -0.25) is 19.1 Å². The second-order valence-electron chi connectivity index (χ2n) is 5.96. The van der Waals surface area contributed by atoms with Crippen LogP contribution >= 0.6 is 0 Å². The lowest BCUT2D eigenvalue weighted by atomic mass is 10.0. The van der Waals surface area contributed by atoms with Crippen molar-refractivity contribution in [2.75, 3.05) is 5.73 Å². The number of nitrogen functional groups attached to an aromatic ring is 1. The number of aryl methyl sites for hydroxylation is 1. The largest absolute Gasteiger partial charge is 0.355 e. The molecule has 0 spiro atoms. The van der Waals surface area contributed by atoms with E-state index >= 15 is 0 Å². The lowest BCUT2D eigenvalue weighted by Gasteiger charge is -2.02. The fourth-order valence-electron chi connectivity index (χ4n) is 3.04. The number of nitrogens with one attached hydrogen (secondary N) is 1. The zero-order chi connectivity index (χ0) is 17.6. The molecule has 0 aliphatic heterocycles. The fourth-order valence-corrected chi connectivity index (χ4v) is 3.04. The number of Topliss-reactive ketones (excluding diaryl/α,β-unsaturated/α-hetero) is 1. The number of fused-ring (bicyclic) bond motifs is 2. The van der Waals surface area contributed by atoms with Crippen molar-refractivity contribution in [1.29, 1.82) is 0 Å². The highest BCUT2D eigenvalue weighted by Crippen LogP contribution is 2.16. The molecule has 2 aromatic carbocycles. The monoisotopic (exact) mass is 334 g/mol. The normalized spacial score (nSPS) is 11.2. The molecule has 0 amide bonds. The van der Waals surface area contributed by atoms with Gasteiger partial charge in [0.15, 0.2) is 12.1 Å². The van der Waals surface area contributed by atoms with Crippen LogP contribution in [0.3, 0.4) is 0 Å². The van der Waals surface area contributed by atoms with E-state index < -0.39 is 0 Å². The highest BCUT2D eigenvalue weighted by molar-refractivity contribution is 5.99. The minimum absolute atomic E-state index is 0.0237. The first-order chi connectivity index (χ1) is 12.0. The number of H-pyrrole nitrogens is 1. The van der Waals surface area contributed by atoms with Crippen LogP contribution in [0.25, 0.3) is 21.9 Å². The molecule has 0 saturated carbocycles. The maximum Gasteiger partial charge on any atom is 0.312 e. The third-order valence-corrected chi connectivity index (χ3v) is 4.22. The van der Waals surface area contributed by atoms with Crippen molar-refractivity contribution in [2.45, 2.75) is 6.54 Å². The van der Waals surface area contributed by atoms with Gasteiger partial charge in [-0.2, -0.15) is 0 Å². The van der Waals surface area contributed by atoms with Gasteiger partial charge in [-0.15, -0.1) is 0 Å². The van der Waals surface area contributed by atoms with Crippen molar-refractivity contribution in [3.05, 3.63) is 64.7 Å². The van der Waals surface area contributed by atoms with Gasteiger partial charge in [0, 0.05) is 5.56 Å². The molecule has 4 aromatic rings. The molecule has 0 radical (unpaired) electrons. The van der Waals surface area contributed by atoms with E-state index in [1.807, 2.05) is 42.5 Å². The van der Waals surface area contributed by atoms with Crippen LogP contribution < -0.4 is 15.9 Å². The van der Waals surface area contributed by atoms with Crippen LogP contribution in [0.15, 0.2) is 53.6 Å². The smallest absolute Gasteiger partial charge is 0.312 e. The molecule has 124 valence electrons. The van der Waals surface area contributed by atoms with Gasteiger partial charge in [-0.25, -0.2) is 4.57 Å². The Labute approximate surface area is 142 Å². The molecule has 0 atom stereocenters. The third kappa shape index (κ3) is 2.55. The number of ketones is 1. The van der Waals surface area contributed by atoms with E-state index in [0.717, 1.165) is 10.8 Å². The van der Waals surface area contributed by atoms with Crippen LogP contribution in [0, 0.1) is 0 Å². The van der Waals surface area contributed by atoms with Crippen molar-refractivity contribution in [1.82, 2.24) is 14.5 Å². The molecule has 3 N–H and O–H groups in total. The van der Waals surface area contributed by atoms with Crippen molar-refractivity contribution in [2.24, 2.45) is 7.05 Å². The molecule has 0 aliphatic rings. The Kier molecular flexibility index (Phi) is 3.35. The van der Waals surface area contributed by atoms with Gasteiger partial charge in [0.2, 0.25) is 5.52 Å². The number of nitrogens with zero attached hydrogens (tertiary/aromatic N) is 3. The Morgan fingerprint density at radius 1 is 1.24 bits per heavy atom. The number of aromatic amines is 1. The van der Waals surface area contributed by atoms with Gasteiger partial charge in [-0.05, 0) is 16.8 Å². The summed E-state index contributed by atoms with van der Waals surface area (Å²) in [7, 11) is 1.73. The van der Waals surface area contributed by atoms with Gasteiger partial charge in [0.1, 0.15) is 6.54 Å². The number of aromatic nitrogens is 4. The fraction of sp³-hybridized carbons (Fsp3) is 0.111. The number of hydrogen-bond acceptors (Lipinski definition) is 4. The summed E-state index contributed by atoms with van der Waals surface area (Å²) in [6.07, 6.45) is 1.67. The Morgan fingerprint density at radius 2 is 2.00 bits per heavy atom. The molecular weight excluding hydrogens is 318 g/mol.